The molecular formula is C12H10ClNO4. The monoisotopic (exact) mass is 267 g/mol. The molecule has 1 aromatic carbocycles. The lowest BCUT2D eigenvalue weighted by Gasteiger charge is -2.14. The fraction of sp³-hybridized carbons (Fsp3) is 0.250. The fourth-order valence-corrected chi connectivity index (χ4v) is 1.63. The minimum atomic E-state index is -1.93. The molecule has 0 heterocycles. The summed E-state index contributed by atoms with van der Waals surface area (Å²) in [6, 6.07) is 5.85. The van der Waals surface area contributed by atoms with Crippen molar-refractivity contribution in [1.82, 2.24) is 0 Å². The van der Waals surface area contributed by atoms with Crippen LogP contribution < -0.4 is 0 Å². The summed E-state index contributed by atoms with van der Waals surface area (Å²) in [6.07, 6.45) is -1.93. The molecule has 0 aliphatic heterocycles. The van der Waals surface area contributed by atoms with Crippen LogP contribution in [-0.2, 0) is 4.79 Å². The number of carboxylic acid groups (broad SMARTS) is 1. The van der Waals surface area contributed by atoms with Gasteiger partial charge in [-0.3, -0.25) is 4.79 Å². The largest absolute Gasteiger partial charge is 0.479 e. The average molecular weight is 268 g/mol. The van der Waals surface area contributed by atoms with Crippen LogP contribution in [0.15, 0.2) is 18.2 Å². The Morgan fingerprint density at radius 2 is 2.06 bits per heavy atom. The number of benzene rings is 1. The molecule has 18 heavy (non-hydrogen) atoms. The van der Waals surface area contributed by atoms with Gasteiger partial charge in [0.25, 0.3) is 0 Å². The maximum atomic E-state index is 11.8. The summed E-state index contributed by atoms with van der Waals surface area (Å²) in [4.78, 5) is 22.6. The number of aliphatic carboxylic acids is 1. The maximum absolute atomic E-state index is 11.8. The molecule has 94 valence electrons. The summed E-state index contributed by atoms with van der Waals surface area (Å²) in [6.45, 7) is 1.43. The third kappa shape index (κ3) is 2.67. The lowest BCUT2D eigenvalue weighted by atomic mass is 9.93. The molecule has 5 nitrogen and oxygen atoms in total. The number of hydrogen-bond acceptors (Lipinski definition) is 4. The summed E-state index contributed by atoms with van der Waals surface area (Å²) < 4.78 is 0. The molecule has 0 saturated heterocycles. The van der Waals surface area contributed by atoms with Crippen LogP contribution >= 0.6 is 11.6 Å². The van der Waals surface area contributed by atoms with E-state index in [2.05, 4.69) is 0 Å². The molecule has 0 aliphatic carbocycles. The predicted octanol–water partition coefficient (Wildman–Crippen LogP) is 1.49. The maximum Gasteiger partial charge on any atom is 0.337 e. The summed E-state index contributed by atoms with van der Waals surface area (Å²) in [7, 11) is 0. The summed E-state index contributed by atoms with van der Waals surface area (Å²) in [5.74, 6) is -2.07. The third-order valence-corrected chi connectivity index (χ3v) is 2.56. The SMILES string of the molecule is CC(Cl)C(=O)c1cccc(C#N)c1C(O)C(=O)O. The molecule has 0 aromatic heterocycles. The summed E-state index contributed by atoms with van der Waals surface area (Å²) >= 11 is 5.65. The van der Waals surface area contributed by atoms with Crippen LogP contribution in [0.5, 0.6) is 0 Å². The Bertz CT molecular complexity index is 533. The van der Waals surface area contributed by atoms with E-state index in [1.807, 2.05) is 0 Å². The number of ketones is 1. The highest BCUT2D eigenvalue weighted by atomic mass is 35.5. The van der Waals surface area contributed by atoms with E-state index in [1.165, 1.54) is 25.1 Å². The molecular weight excluding hydrogens is 258 g/mol. The number of carbonyl (C=O) groups excluding carboxylic acids is 1. The number of Topliss-reactive ketones (excluding diaryl/α,β-unsaturated/α-hetero) is 1. The molecule has 1 aromatic rings. The van der Waals surface area contributed by atoms with Crippen LogP contribution in [0.1, 0.15) is 34.5 Å². The number of aliphatic hydroxyl groups excluding tert-OH is 1. The van der Waals surface area contributed by atoms with Gasteiger partial charge in [-0.2, -0.15) is 5.26 Å². The van der Waals surface area contributed by atoms with Gasteiger partial charge in [-0.05, 0) is 13.0 Å². The quantitative estimate of drug-likeness (QED) is 0.636. The van der Waals surface area contributed by atoms with Crippen molar-refractivity contribution in [2.75, 3.05) is 0 Å². The Labute approximate surface area is 108 Å². The summed E-state index contributed by atoms with van der Waals surface area (Å²) in [5, 5.41) is 26.4. The van der Waals surface area contributed by atoms with Gasteiger partial charge in [-0.1, -0.05) is 12.1 Å². The number of nitriles is 1. The molecule has 6 heteroatoms. The van der Waals surface area contributed by atoms with E-state index in [0.29, 0.717) is 0 Å². The van der Waals surface area contributed by atoms with Crippen molar-refractivity contribution in [3.8, 4) is 6.07 Å². The first-order chi connectivity index (χ1) is 8.40. The molecule has 0 saturated carbocycles. The van der Waals surface area contributed by atoms with E-state index in [9.17, 15) is 14.7 Å². The van der Waals surface area contributed by atoms with Gasteiger partial charge in [0.05, 0.1) is 17.0 Å². The Morgan fingerprint density at radius 1 is 1.44 bits per heavy atom. The zero-order valence-electron chi connectivity index (χ0n) is 9.42. The van der Waals surface area contributed by atoms with E-state index < -0.39 is 23.2 Å². The fourth-order valence-electron chi connectivity index (χ4n) is 1.51. The van der Waals surface area contributed by atoms with Crippen LogP contribution in [0.2, 0.25) is 0 Å². The first-order valence-electron chi connectivity index (χ1n) is 5.02. The number of carbonyl (C=O) groups is 2. The van der Waals surface area contributed by atoms with E-state index in [-0.39, 0.29) is 16.7 Å². The Morgan fingerprint density at radius 3 is 2.50 bits per heavy atom. The van der Waals surface area contributed by atoms with Crippen molar-refractivity contribution in [1.29, 1.82) is 5.26 Å². The van der Waals surface area contributed by atoms with Crippen LogP contribution in [0.3, 0.4) is 0 Å². The van der Waals surface area contributed by atoms with Crippen molar-refractivity contribution >= 4 is 23.4 Å². The predicted molar refractivity (Wildman–Crippen MR) is 63.4 cm³/mol. The minimum absolute atomic E-state index is 0.0496. The molecule has 1 rings (SSSR count). The van der Waals surface area contributed by atoms with Crippen molar-refractivity contribution < 1.29 is 19.8 Å². The van der Waals surface area contributed by atoms with Crippen molar-refractivity contribution in [2.24, 2.45) is 0 Å². The summed E-state index contributed by atoms with van der Waals surface area (Å²) in [5.41, 5.74) is -0.329. The van der Waals surface area contributed by atoms with Gasteiger partial charge in [0.15, 0.2) is 11.9 Å². The van der Waals surface area contributed by atoms with Gasteiger partial charge in [-0.25, -0.2) is 4.79 Å². The van der Waals surface area contributed by atoms with E-state index in [1.54, 1.807) is 6.07 Å². The highest BCUT2D eigenvalue weighted by Crippen LogP contribution is 2.24. The molecule has 0 radical (unpaired) electrons. The molecule has 2 N–H and O–H groups in total. The number of alkyl halides is 1. The highest BCUT2D eigenvalue weighted by molar-refractivity contribution is 6.33. The number of aliphatic hydroxyl groups is 1. The lowest BCUT2D eigenvalue weighted by Crippen LogP contribution is -2.20. The topological polar surface area (TPSA) is 98.4 Å². The molecule has 0 spiro atoms. The molecule has 2 atom stereocenters. The van der Waals surface area contributed by atoms with Crippen LogP contribution in [0.4, 0.5) is 0 Å². The number of nitrogens with zero attached hydrogens (tertiary/aromatic N) is 1. The Kier molecular flexibility index (Phi) is 4.43. The highest BCUT2D eigenvalue weighted by Gasteiger charge is 2.27. The van der Waals surface area contributed by atoms with Crippen LogP contribution in [0.25, 0.3) is 0 Å². The van der Waals surface area contributed by atoms with E-state index in [4.69, 9.17) is 22.0 Å². The van der Waals surface area contributed by atoms with Gasteiger partial charge in [0.2, 0.25) is 0 Å². The second kappa shape index (κ2) is 5.63. The number of hydrogen-bond donors (Lipinski definition) is 2. The van der Waals surface area contributed by atoms with Gasteiger partial charge >= 0.3 is 5.97 Å². The first kappa shape index (κ1) is 14.2. The number of rotatable bonds is 4. The molecule has 0 aliphatic rings. The van der Waals surface area contributed by atoms with Gasteiger partial charge < -0.3 is 10.2 Å². The Balaban J connectivity index is 3.49. The van der Waals surface area contributed by atoms with Crippen molar-refractivity contribution in [3.05, 3.63) is 34.9 Å². The normalized spacial score (nSPS) is 13.4. The van der Waals surface area contributed by atoms with E-state index in [0.717, 1.165) is 0 Å². The zero-order valence-corrected chi connectivity index (χ0v) is 10.2. The standard InChI is InChI=1S/C12H10ClNO4/c1-6(13)10(15)8-4-2-3-7(5-14)9(8)11(16)12(17)18/h2-4,6,11,16H,1H3,(H,17,18). The second-order valence-corrected chi connectivity index (χ2v) is 4.25. The smallest absolute Gasteiger partial charge is 0.337 e. The van der Waals surface area contributed by atoms with Crippen molar-refractivity contribution in [3.63, 3.8) is 0 Å². The minimum Gasteiger partial charge on any atom is -0.479 e. The second-order valence-electron chi connectivity index (χ2n) is 3.60. The number of halogens is 1. The van der Waals surface area contributed by atoms with E-state index >= 15 is 0 Å². The molecule has 0 amide bonds. The Hall–Kier alpha value is -1.90. The third-order valence-electron chi connectivity index (χ3n) is 2.36. The van der Waals surface area contributed by atoms with Crippen LogP contribution in [-0.4, -0.2) is 27.3 Å². The van der Waals surface area contributed by atoms with Gasteiger partial charge in [0, 0.05) is 11.1 Å². The first-order valence-corrected chi connectivity index (χ1v) is 5.46. The molecule has 2 unspecified atom stereocenters. The number of carboxylic acids is 1. The van der Waals surface area contributed by atoms with Crippen molar-refractivity contribution in [2.45, 2.75) is 18.4 Å². The average Bonchev–Trinajstić information content (AvgIpc) is 2.35. The lowest BCUT2D eigenvalue weighted by molar-refractivity contribution is -0.147. The molecule has 0 bridgehead atoms. The molecule has 0 fully saturated rings. The zero-order chi connectivity index (χ0) is 13.9. The van der Waals surface area contributed by atoms with Gasteiger partial charge in [-0.15, -0.1) is 11.6 Å². The van der Waals surface area contributed by atoms with Crippen LogP contribution in [0, 0.1) is 11.3 Å². The van der Waals surface area contributed by atoms with Gasteiger partial charge in [0.1, 0.15) is 0 Å².